The van der Waals surface area contributed by atoms with Gasteiger partial charge in [0.15, 0.2) is 16.6 Å². The fraction of sp³-hybridized carbons (Fsp3) is 0.185. The number of rotatable bonds is 9. The van der Waals surface area contributed by atoms with E-state index in [9.17, 15) is 4.79 Å². The van der Waals surface area contributed by atoms with Crippen molar-refractivity contribution < 1.29 is 23.7 Å². The second-order valence-corrected chi connectivity index (χ2v) is 8.63. The molecule has 3 aromatic carbocycles. The van der Waals surface area contributed by atoms with Crippen LogP contribution in [0.2, 0.25) is 0 Å². The van der Waals surface area contributed by atoms with Gasteiger partial charge in [-0.1, -0.05) is 30.3 Å². The van der Waals surface area contributed by atoms with E-state index in [0.29, 0.717) is 34.4 Å². The SMILES string of the molecule is COc1ccc(-c2nc(NC(=O)c3cc(OC)c(OC)c(OC)c3)sc2Cc2ccccc2)cc1. The first kappa shape index (κ1) is 24.1. The molecule has 0 bridgehead atoms. The third-order valence-corrected chi connectivity index (χ3v) is 6.39. The molecule has 1 N–H and O–H groups in total. The highest BCUT2D eigenvalue weighted by molar-refractivity contribution is 7.16. The van der Waals surface area contributed by atoms with E-state index in [1.54, 1.807) is 19.2 Å². The van der Waals surface area contributed by atoms with Crippen molar-refractivity contribution >= 4 is 22.4 Å². The van der Waals surface area contributed by atoms with Crippen LogP contribution in [0.15, 0.2) is 66.7 Å². The Labute approximate surface area is 208 Å². The summed E-state index contributed by atoms with van der Waals surface area (Å²) in [6.45, 7) is 0. The fourth-order valence-corrected chi connectivity index (χ4v) is 4.68. The smallest absolute Gasteiger partial charge is 0.257 e. The van der Waals surface area contributed by atoms with Crippen LogP contribution in [0.4, 0.5) is 5.13 Å². The summed E-state index contributed by atoms with van der Waals surface area (Å²) in [5.74, 6) is 1.67. The van der Waals surface area contributed by atoms with Crippen LogP contribution >= 0.6 is 11.3 Å². The van der Waals surface area contributed by atoms with Gasteiger partial charge in [0.25, 0.3) is 5.91 Å². The quantitative estimate of drug-likeness (QED) is 0.325. The molecule has 0 aliphatic rings. The molecule has 7 nitrogen and oxygen atoms in total. The molecular weight excluding hydrogens is 464 g/mol. The molecule has 0 unspecified atom stereocenters. The van der Waals surface area contributed by atoms with Crippen LogP contribution in [0.1, 0.15) is 20.8 Å². The van der Waals surface area contributed by atoms with Crippen molar-refractivity contribution in [1.29, 1.82) is 0 Å². The van der Waals surface area contributed by atoms with Gasteiger partial charge in [-0.05, 0) is 42.0 Å². The van der Waals surface area contributed by atoms with Crippen LogP contribution in [0.3, 0.4) is 0 Å². The molecule has 0 radical (unpaired) electrons. The number of benzene rings is 3. The number of amides is 1. The normalized spacial score (nSPS) is 10.5. The highest BCUT2D eigenvalue weighted by atomic mass is 32.1. The second kappa shape index (κ2) is 10.9. The highest BCUT2D eigenvalue weighted by Crippen LogP contribution is 2.39. The average Bonchev–Trinajstić information content (AvgIpc) is 3.29. The first-order chi connectivity index (χ1) is 17.1. The molecule has 1 aromatic heterocycles. The standard InChI is InChI=1S/C27H26N2O5S/c1-31-20-12-10-18(11-13-20)24-23(14-17-8-6-5-7-9-17)35-27(28-24)29-26(30)19-15-21(32-2)25(34-4)22(16-19)33-3/h5-13,15-16H,14H2,1-4H3,(H,28,29,30). The molecule has 0 saturated heterocycles. The van der Waals surface area contributed by atoms with E-state index in [1.165, 1.54) is 32.7 Å². The van der Waals surface area contributed by atoms with Crippen molar-refractivity contribution in [2.24, 2.45) is 0 Å². The minimum absolute atomic E-state index is 0.328. The Hall–Kier alpha value is -4.04. The molecule has 0 atom stereocenters. The van der Waals surface area contributed by atoms with Gasteiger partial charge in [0, 0.05) is 22.4 Å². The number of methoxy groups -OCH3 is 4. The summed E-state index contributed by atoms with van der Waals surface area (Å²) < 4.78 is 21.4. The lowest BCUT2D eigenvalue weighted by atomic mass is 10.1. The average molecular weight is 491 g/mol. The largest absolute Gasteiger partial charge is 0.497 e. The van der Waals surface area contributed by atoms with Crippen molar-refractivity contribution in [3.63, 3.8) is 0 Å². The Kier molecular flexibility index (Phi) is 7.52. The summed E-state index contributed by atoms with van der Waals surface area (Å²) in [5.41, 5.74) is 3.29. The predicted molar refractivity (Wildman–Crippen MR) is 137 cm³/mol. The minimum Gasteiger partial charge on any atom is -0.497 e. The van der Waals surface area contributed by atoms with Gasteiger partial charge in [0.05, 0.1) is 34.1 Å². The van der Waals surface area contributed by atoms with Gasteiger partial charge in [-0.15, -0.1) is 11.3 Å². The number of nitrogens with one attached hydrogen (secondary N) is 1. The van der Waals surface area contributed by atoms with E-state index >= 15 is 0 Å². The van der Waals surface area contributed by atoms with Gasteiger partial charge in [-0.3, -0.25) is 10.1 Å². The Morgan fingerprint density at radius 2 is 1.51 bits per heavy atom. The zero-order valence-corrected chi connectivity index (χ0v) is 20.8. The highest BCUT2D eigenvalue weighted by Gasteiger charge is 2.20. The molecule has 0 aliphatic carbocycles. The summed E-state index contributed by atoms with van der Waals surface area (Å²) in [5, 5.41) is 3.43. The van der Waals surface area contributed by atoms with Crippen LogP contribution in [0, 0.1) is 0 Å². The second-order valence-electron chi connectivity index (χ2n) is 7.55. The molecule has 0 saturated carbocycles. The van der Waals surface area contributed by atoms with Crippen LogP contribution in [0.25, 0.3) is 11.3 Å². The summed E-state index contributed by atoms with van der Waals surface area (Å²) in [6.07, 6.45) is 0.694. The third kappa shape index (κ3) is 5.38. The van der Waals surface area contributed by atoms with Gasteiger partial charge in [-0.25, -0.2) is 4.98 Å². The third-order valence-electron chi connectivity index (χ3n) is 5.42. The van der Waals surface area contributed by atoms with Crippen LogP contribution in [0.5, 0.6) is 23.0 Å². The Morgan fingerprint density at radius 3 is 2.09 bits per heavy atom. The van der Waals surface area contributed by atoms with E-state index in [1.807, 2.05) is 42.5 Å². The number of nitrogens with zero attached hydrogens (tertiary/aromatic N) is 1. The van der Waals surface area contributed by atoms with Gasteiger partial charge in [0.1, 0.15) is 5.75 Å². The number of hydrogen-bond acceptors (Lipinski definition) is 7. The molecule has 0 aliphatic heterocycles. The maximum Gasteiger partial charge on any atom is 0.257 e. The molecule has 0 fully saturated rings. The monoisotopic (exact) mass is 490 g/mol. The number of carbonyl (C=O) groups excluding carboxylic acids is 1. The summed E-state index contributed by atoms with van der Waals surface area (Å²) in [7, 11) is 6.17. The van der Waals surface area contributed by atoms with Gasteiger partial charge in [-0.2, -0.15) is 0 Å². The Morgan fingerprint density at radius 1 is 0.857 bits per heavy atom. The van der Waals surface area contributed by atoms with Crippen molar-refractivity contribution in [3.8, 4) is 34.3 Å². The number of carbonyl (C=O) groups is 1. The molecular formula is C27H26N2O5S. The molecule has 1 amide bonds. The molecule has 35 heavy (non-hydrogen) atoms. The first-order valence-corrected chi connectivity index (χ1v) is 11.7. The lowest BCUT2D eigenvalue weighted by Gasteiger charge is -2.13. The van der Waals surface area contributed by atoms with Crippen LogP contribution in [-0.4, -0.2) is 39.3 Å². The maximum atomic E-state index is 13.1. The van der Waals surface area contributed by atoms with E-state index in [2.05, 4.69) is 17.4 Å². The number of ether oxygens (including phenoxy) is 4. The van der Waals surface area contributed by atoms with Gasteiger partial charge in [0.2, 0.25) is 5.75 Å². The molecule has 1 heterocycles. The maximum absolute atomic E-state index is 13.1. The van der Waals surface area contributed by atoms with Crippen molar-refractivity contribution in [1.82, 2.24) is 4.98 Å². The molecule has 8 heteroatoms. The van der Waals surface area contributed by atoms with Gasteiger partial charge < -0.3 is 18.9 Å². The van der Waals surface area contributed by atoms with Crippen LogP contribution in [-0.2, 0) is 6.42 Å². The van der Waals surface area contributed by atoms with E-state index < -0.39 is 0 Å². The van der Waals surface area contributed by atoms with Crippen molar-refractivity contribution in [2.45, 2.75) is 6.42 Å². The summed E-state index contributed by atoms with van der Waals surface area (Å²) >= 11 is 1.45. The zero-order chi connectivity index (χ0) is 24.8. The summed E-state index contributed by atoms with van der Waals surface area (Å²) in [4.78, 5) is 19.0. The number of aromatic nitrogens is 1. The minimum atomic E-state index is -0.328. The van der Waals surface area contributed by atoms with Gasteiger partial charge >= 0.3 is 0 Å². The molecule has 4 aromatic rings. The van der Waals surface area contributed by atoms with E-state index in [0.717, 1.165) is 27.4 Å². The van der Waals surface area contributed by atoms with Crippen molar-refractivity contribution in [3.05, 3.63) is 82.7 Å². The number of hydrogen-bond donors (Lipinski definition) is 1. The zero-order valence-electron chi connectivity index (χ0n) is 20.0. The lowest BCUT2D eigenvalue weighted by molar-refractivity contribution is 0.102. The van der Waals surface area contributed by atoms with Crippen molar-refractivity contribution in [2.75, 3.05) is 33.8 Å². The lowest BCUT2D eigenvalue weighted by Crippen LogP contribution is -2.12. The fourth-order valence-electron chi connectivity index (χ4n) is 3.66. The Balaban J connectivity index is 1.67. The summed E-state index contributed by atoms with van der Waals surface area (Å²) in [6, 6.07) is 21.1. The van der Waals surface area contributed by atoms with Crippen LogP contribution < -0.4 is 24.3 Å². The number of anilines is 1. The Bertz CT molecular complexity index is 1280. The predicted octanol–water partition coefficient (Wildman–Crippen LogP) is 5.69. The molecule has 180 valence electrons. The first-order valence-electron chi connectivity index (χ1n) is 10.9. The molecule has 0 spiro atoms. The van der Waals surface area contributed by atoms with E-state index in [4.69, 9.17) is 23.9 Å². The topological polar surface area (TPSA) is 78.9 Å². The number of thiazole rings is 1. The van der Waals surface area contributed by atoms with E-state index in [-0.39, 0.29) is 5.91 Å². The molecule has 4 rings (SSSR count).